The maximum absolute atomic E-state index is 13.3. The second-order valence-corrected chi connectivity index (χ2v) is 12.6. The Labute approximate surface area is 270 Å². The zero-order valence-electron chi connectivity index (χ0n) is 27.4. The summed E-state index contributed by atoms with van der Waals surface area (Å²) < 4.78 is 1.47. The zero-order valence-corrected chi connectivity index (χ0v) is 27.4. The lowest BCUT2D eigenvalue weighted by Crippen LogP contribution is -2.45. The van der Waals surface area contributed by atoms with E-state index in [0.29, 0.717) is 43.6 Å². The van der Waals surface area contributed by atoms with Gasteiger partial charge in [-0.05, 0) is 98.9 Å². The minimum atomic E-state index is -0.931. The van der Waals surface area contributed by atoms with Crippen LogP contribution in [0.25, 0.3) is 5.70 Å². The Morgan fingerprint density at radius 1 is 1.09 bits per heavy atom. The van der Waals surface area contributed by atoms with Crippen molar-refractivity contribution in [3.05, 3.63) is 92.7 Å². The van der Waals surface area contributed by atoms with Crippen LogP contribution in [0.1, 0.15) is 90.1 Å². The number of aromatic nitrogens is 3. The second kappa shape index (κ2) is 13.3. The van der Waals surface area contributed by atoms with Crippen LogP contribution in [-0.2, 0) is 23.1 Å². The van der Waals surface area contributed by atoms with E-state index in [9.17, 15) is 19.6 Å². The Balaban J connectivity index is 1.68. The van der Waals surface area contributed by atoms with Crippen molar-refractivity contribution >= 4 is 17.5 Å². The summed E-state index contributed by atoms with van der Waals surface area (Å²) >= 11 is 0. The number of carbonyl (C=O) groups is 2. The Morgan fingerprint density at radius 3 is 2.33 bits per heavy atom. The Hall–Kier alpha value is -4.69. The smallest absolute Gasteiger partial charge is 0.343 e. The molecule has 2 heterocycles. The maximum atomic E-state index is 13.3. The fraction of sp³-hybridized carbons (Fsp3) is 0.457. The van der Waals surface area contributed by atoms with Gasteiger partial charge in [0.2, 0.25) is 5.91 Å². The highest BCUT2D eigenvalue weighted by atomic mass is 16.2. The number of likely N-dealkylation sites (tertiary alicyclic amines) is 1. The van der Waals surface area contributed by atoms with Crippen molar-refractivity contribution in [2.45, 2.75) is 76.4 Å². The highest BCUT2D eigenvalue weighted by molar-refractivity contribution is 5.94. The third kappa shape index (κ3) is 5.97. The molecule has 2 aromatic carbocycles. The number of rotatable bonds is 10. The van der Waals surface area contributed by atoms with Crippen LogP contribution in [0, 0.1) is 11.3 Å². The number of hydrogen-bond acceptors (Lipinski definition) is 7. The van der Waals surface area contributed by atoms with Gasteiger partial charge >= 0.3 is 5.69 Å². The molecule has 2 aliphatic rings. The molecule has 0 radical (unpaired) electrons. The van der Waals surface area contributed by atoms with Crippen molar-refractivity contribution in [1.82, 2.24) is 35.6 Å². The summed E-state index contributed by atoms with van der Waals surface area (Å²) in [5.41, 5.74) is 5.11. The fourth-order valence-electron chi connectivity index (χ4n) is 7.01. The molecule has 1 fully saturated rings. The highest BCUT2D eigenvalue weighted by Gasteiger charge is 2.45. The van der Waals surface area contributed by atoms with Gasteiger partial charge in [0, 0.05) is 37.9 Å². The number of aryl methyl sites for hydroxylation is 2. The molecule has 2 amide bonds. The van der Waals surface area contributed by atoms with Gasteiger partial charge in [0.15, 0.2) is 0 Å². The number of aromatic amines is 1. The molecule has 4 N–H and O–H groups in total. The van der Waals surface area contributed by atoms with Crippen molar-refractivity contribution in [2.24, 2.45) is 0 Å². The topological polar surface area (TPSA) is 148 Å². The molecule has 0 spiro atoms. The predicted molar refractivity (Wildman–Crippen MR) is 177 cm³/mol. The number of amides is 2. The van der Waals surface area contributed by atoms with Gasteiger partial charge in [-0.25, -0.2) is 9.48 Å². The quantitative estimate of drug-likeness (QED) is 0.271. The minimum absolute atomic E-state index is 0.0859. The van der Waals surface area contributed by atoms with Gasteiger partial charge < -0.3 is 20.9 Å². The standard InChI is InChI=1S/C35H44N8O3/c1-21(2)43-34(46)40-33(41-43)35(18-22(3)39-20-31(44)42-15-7-8-28(42)19-36)29-13-11-24(23(4)37-5)16-25(29)9-10-26-17-27(32(45)38-6)12-14-30(26)35/h11-14,16-17,21-22,28,37,39H,4,7-10,15,18,20H2,1-3,5-6H3,(H,38,45)(H,40,41,46)/t22-,28?,35?/m0/s1. The average molecular weight is 625 g/mol. The summed E-state index contributed by atoms with van der Waals surface area (Å²) in [6, 6.07) is 13.5. The van der Waals surface area contributed by atoms with Crippen LogP contribution in [0.2, 0.25) is 0 Å². The number of carbonyl (C=O) groups excluding carboxylic acids is 2. The summed E-state index contributed by atoms with van der Waals surface area (Å²) in [7, 11) is 3.45. The van der Waals surface area contributed by atoms with Gasteiger partial charge in [0.25, 0.3) is 5.91 Å². The molecule has 1 aromatic heterocycles. The molecular formula is C35H44N8O3. The monoisotopic (exact) mass is 624 g/mol. The lowest BCUT2D eigenvalue weighted by atomic mass is 9.67. The normalized spacial score (nSPS) is 19.5. The number of nitrogens with one attached hydrogen (secondary N) is 4. The maximum Gasteiger partial charge on any atom is 0.343 e. The van der Waals surface area contributed by atoms with Crippen molar-refractivity contribution in [3.63, 3.8) is 0 Å². The minimum Gasteiger partial charge on any atom is -0.388 e. The fourth-order valence-corrected chi connectivity index (χ4v) is 7.01. The molecule has 11 heteroatoms. The molecular weight excluding hydrogens is 580 g/mol. The van der Waals surface area contributed by atoms with E-state index in [4.69, 9.17) is 5.10 Å². The van der Waals surface area contributed by atoms with Crippen molar-refractivity contribution in [2.75, 3.05) is 27.2 Å². The van der Waals surface area contributed by atoms with Crippen LogP contribution in [-0.4, -0.2) is 70.7 Å². The molecule has 0 bridgehead atoms. The van der Waals surface area contributed by atoms with Crippen LogP contribution >= 0.6 is 0 Å². The number of H-pyrrole nitrogens is 1. The van der Waals surface area contributed by atoms with Gasteiger partial charge in [-0.2, -0.15) is 10.4 Å². The van der Waals surface area contributed by atoms with E-state index in [1.165, 1.54) is 4.68 Å². The first-order chi connectivity index (χ1) is 22.0. The molecule has 11 nitrogen and oxygen atoms in total. The third-order valence-electron chi connectivity index (χ3n) is 9.40. The van der Waals surface area contributed by atoms with Crippen LogP contribution in [0.15, 0.2) is 47.8 Å². The van der Waals surface area contributed by atoms with Crippen LogP contribution < -0.4 is 21.6 Å². The summed E-state index contributed by atoms with van der Waals surface area (Å²) in [6.07, 6.45) is 3.34. The zero-order chi connectivity index (χ0) is 33.2. The van der Waals surface area contributed by atoms with Gasteiger partial charge in [-0.15, -0.1) is 0 Å². The molecule has 1 aliphatic heterocycles. The predicted octanol–water partition coefficient (Wildman–Crippen LogP) is 3.02. The molecule has 0 saturated carbocycles. The van der Waals surface area contributed by atoms with E-state index in [0.717, 1.165) is 39.9 Å². The van der Waals surface area contributed by atoms with Crippen LogP contribution in [0.3, 0.4) is 0 Å². The lowest BCUT2D eigenvalue weighted by molar-refractivity contribution is -0.130. The number of nitrogens with zero attached hydrogens (tertiary/aromatic N) is 4. The molecule has 5 rings (SSSR count). The van der Waals surface area contributed by atoms with E-state index in [2.05, 4.69) is 45.7 Å². The molecule has 1 aliphatic carbocycles. The Bertz CT molecular complexity index is 1680. The number of benzene rings is 2. The average Bonchev–Trinajstić information content (AvgIpc) is 3.68. The molecule has 242 valence electrons. The first kappa shape index (κ1) is 32.7. The number of hydrogen-bond donors (Lipinski definition) is 4. The van der Waals surface area contributed by atoms with Gasteiger partial charge in [-0.3, -0.25) is 14.6 Å². The van der Waals surface area contributed by atoms with Gasteiger partial charge in [0.05, 0.1) is 24.1 Å². The van der Waals surface area contributed by atoms with Gasteiger partial charge in [-0.1, -0.05) is 24.8 Å². The molecule has 3 atom stereocenters. The largest absolute Gasteiger partial charge is 0.388 e. The number of fused-ring (bicyclic) bond motifs is 2. The lowest BCUT2D eigenvalue weighted by Gasteiger charge is -2.37. The van der Waals surface area contributed by atoms with E-state index in [1.807, 2.05) is 52.1 Å². The summed E-state index contributed by atoms with van der Waals surface area (Å²) in [4.78, 5) is 44.0. The summed E-state index contributed by atoms with van der Waals surface area (Å²) in [5, 5.41) is 23.7. The van der Waals surface area contributed by atoms with Crippen molar-refractivity contribution < 1.29 is 9.59 Å². The first-order valence-corrected chi connectivity index (χ1v) is 16.0. The third-order valence-corrected chi connectivity index (χ3v) is 9.40. The van der Waals surface area contributed by atoms with E-state index < -0.39 is 11.5 Å². The SMILES string of the molecule is C=C(NC)c1ccc2c(c1)CCc1cc(C(=O)NC)ccc1C2(C[C@H](C)NCC(=O)N1CCCC1C#N)c1nn(C(C)C)c(=O)[nH]1. The van der Waals surface area contributed by atoms with Crippen molar-refractivity contribution in [1.29, 1.82) is 5.26 Å². The molecule has 2 unspecified atom stereocenters. The van der Waals surface area contributed by atoms with Crippen LogP contribution in [0.4, 0.5) is 0 Å². The van der Waals surface area contributed by atoms with E-state index in [1.54, 1.807) is 11.9 Å². The second-order valence-electron chi connectivity index (χ2n) is 12.6. The molecule has 3 aromatic rings. The molecule has 1 saturated heterocycles. The van der Waals surface area contributed by atoms with Crippen LogP contribution in [0.5, 0.6) is 0 Å². The summed E-state index contributed by atoms with van der Waals surface area (Å²) in [6.45, 7) is 10.7. The first-order valence-electron chi connectivity index (χ1n) is 16.0. The van der Waals surface area contributed by atoms with Crippen molar-refractivity contribution in [3.8, 4) is 6.07 Å². The Morgan fingerprint density at radius 2 is 1.74 bits per heavy atom. The van der Waals surface area contributed by atoms with Gasteiger partial charge in [0.1, 0.15) is 11.9 Å². The Kier molecular flexibility index (Phi) is 9.49. The number of nitriles is 1. The summed E-state index contributed by atoms with van der Waals surface area (Å²) in [5.74, 6) is 0.230. The molecule has 46 heavy (non-hydrogen) atoms. The van der Waals surface area contributed by atoms with E-state index in [-0.39, 0.29) is 36.1 Å². The van der Waals surface area contributed by atoms with E-state index >= 15 is 0 Å². The highest BCUT2D eigenvalue weighted by Crippen LogP contribution is 2.47.